The average molecular weight is 223 g/mol. The van der Waals surface area contributed by atoms with Crippen LogP contribution >= 0.6 is 0 Å². The van der Waals surface area contributed by atoms with Crippen molar-refractivity contribution in [2.75, 3.05) is 0 Å². The quantitative estimate of drug-likeness (QED) is 0.561. The second-order valence-electron chi connectivity index (χ2n) is 4.41. The molecule has 0 saturated carbocycles. The van der Waals surface area contributed by atoms with Gasteiger partial charge in [-0.3, -0.25) is 0 Å². The van der Waals surface area contributed by atoms with Crippen LogP contribution in [0.25, 0.3) is 16.8 Å². The molecule has 2 nitrogen and oxygen atoms in total. The molecule has 0 saturated heterocycles. The lowest BCUT2D eigenvalue weighted by Crippen LogP contribution is -2.32. The third-order valence-corrected chi connectivity index (χ3v) is 3.20. The first-order valence-corrected chi connectivity index (χ1v) is 5.78. The van der Waals surface area contributed by atoms with Gasteiger partial charge >= 0.3 is 0 Å². The molecule has 0 radical (unpaired) electrons. The Kier molecular flexibility index (Phi) is 2.22. The maximum atomic E-state index is 2.22. The summed E-state index contributed by atoms with van der Waals surface area (Å²) in [6, 6.07) is 14.9. The highest BCUT2D eigenvalue weighted by molar-refractivity contribution is 5.65. The largest absolute Gasteiger partial charge is 0.249 e. The molecule has 2 heterocycles. The Morgan fingerprint density at radius 1 is 1.06 bits per heavy atom. The molecule has 0 fully saturated rings. The number of nitrogens with zero attached hydrogens (tertiary/aromatic N) is 2. The van der Waals surface area contributed by atoms with Crippen LogP contribution in [0.3, 0.4) is 0 Å². The van der Waals surface area contributed by atoms with Gasteiger partial charge in [-0.05, 0) is 24.6 Å². The van der Waals surface area contributed by atoms with Crippen LogP contribution in [-0.2, 0) is 7.05 Å². The Bertz CT molecular complexity index is 680. The number of aryl methyl sites for hydroxylation is 2. The van der Waals surface area contributed by atoms with Gasteiger partial charge in [-0.25, -0.2) is 8.97 Å². The molecule has 1 aromatic carbocycles. The summed E-state index contributed by atoms with van der Waals surface area (Å²) in [5.74, 6) is 0. The molecule has 0 N–H and O–H groups in total. The van der Waals surface area contributed by atoms with Crippen molar-refractivity contribution in [2.45, 2.75) is 6.92 Å². The van der Waals surface area contributed by atoms with Gasteiger partial charge in [0.2, 0.25) is 6.33 Å². The maximum Gasteiger partial charge on any atom is 0.249 e. The van der Waals surface area contributed by atoms with Gasteiger partial charge in [-0.2, -0.15) is 0 Å². The predicted molar refractivity (Wildman–Crippen MR) is 68.7 cm³/mol. The van der Waals surface area contributed by atoms with Crippen molar-refractivity contribution in [2.24, 2.45) is 7.05 Å². The smallest absolute Gasteiger partial charge is 0.235 e. The number of rotatable bonds is 1. The monoisotopic (exact) mass is 223 g/mol. The molecular formula is C15H15N2+. The molecule has 0 unspecified atom stereocenters. The Morgan fingerprint density at radius 3 is 2.71 bits per heavy atom. The summed E-state index contributed by atoms with van der Waals surface area (Å²) in [6.45, 7) is 2.15. The van der Waals surface area contributed by atoms with Crippen LogP contribution in [0.1, 0.15) is 5.56 Å². The van der Waals surface area contributed by atoms with E-state index in [0.717, 1.165) is 0 Å². The summed E-state index contributed by atoms with van der Waals surface area (Å²) >= 11 is 0. The zero-order chi connectivity index (χ0) is 11.8. The molecule has 0 bridgehead atoms. The molecule has 84 valence electrons. The van der Waals surface area contributed by atoms with Gasteiger partial charge in [-0.1, -0.05) is 24.3 Å². The summed E-state index contributed by atoms with van der Waals surface area (Å²) in [5, 5.41) is 0. The van der Waals surface area contributed by atoms with Crippen molar-refractivity contribution in [1.29, 1.82) is 0 Å². The first kappa shape index (κ1) is 10.1. The van der Waals surface area contributed by atoms with E-state index in [9.17, 15) is 0 Å². The molecule has 0 atom stereocenters. The van der Waals surface area contributed by atoms with Gasteiger partial charge in [-0.15, -0.1) is 0 Å². The minimum Gasteiger partial charge on any atom is -0.235 e. The molecule has 3 aromatic rings. The van der Waals surface area contributed by atoms with Crippen LogP contribution in [0.15, 0.2) is 55.0 Å². The lowest BCUT2D eigenvalue weighted by molar-refractivity contribution is -0.663. The van der Waals surface area contributed by atoms with E-state index < -0.39 is 0 Å². The van der Waals surface area contributed by atoms with Gasteiger partial charge in [0, 0.05) is 11.6 Å². The highest BCUT2D eigenvalue weighted by Crippen LogP contribution is 2.20. The lowest BCUT2D eigenvalue weighted by Gasteiger charge is -2.06. The van der Waals surface area contributed by atoms with E-state index in [1.165, 1.54) is 22.3 Å². The molecule has 0 aliphatic rings. The SMILES string of the molecule is Cc1ccccc1-c1cc2cccn2c[n+]1C. The minimum atomic E-state index is 1.22. The fraction of sp³-hybridized carbons (Fsp3) is 0.133. The summed E-state index contributed by atoms with van der Waals surface area (Å²) in [4.78, 5) is 0. The van der Waals surface area contributed by atoms with E-state index in [-0.39, 0.29) is 0 Å². The number of fused-ring (bicyclic) bond motifs is 1. The van der Waals surface area contributed by atoms with Crippen molar-refractivity contribution < 1.29 is 4.57 Å². The molecule has 0 aliphatic heterocycles. The number of benzene rings is 1. The van der Waals surface area contributed by atoms with Crippen LogP contribution in [0.5, 0.6) is 0 Å². The molecule has 2 heteroatoms. The van der Waals surface area contributed by atoms with Crippen LogP contribution in [0.4, 0.5) is 0 Å². The molecule has 3 rings (SSSR count). The molecule has 2 aromatic heterocycles. The molecule has 17 heavy (non-hydrogen) atoms. The average Bonchev–Trinajstić information content (AvgIpc) is 2.76. The molecular weight excluding hydrogens is 208 g/mol. The van der Waals surface area contributed by atoms with Gasteiger partial charge < -0.3 is 0 Å². The molecule has 0 spiro atoms. The standard InChI is InChI=1S/C15H15N2/c1-12-6-3-4-8-14(12)15-10-13-7-5-9-17(13)11-16(15)2/h3-11H,1-2H3/q+1. The Hall–Kier alpha value is -2.09. The van der Waals surface area contributed by atoms with Crippen molar-refractivity contribution in [3.05, 3.63) is 60.6 Å². The third kappa shape index (κ3) is 1.62. The van der Waals surface area contributed by atoms with Gasteiger partial charge in [0.25, 0.3) is 0 Å². The predicted octanol–water partition coefficient (Wildman–Crippen LogP) is 2.74. The first-order chi connectivity index (χ1) is 8.25. The zero-order valence-electron chi connectivity index (χ0n) is 10.1. The lowest BCUT2D eigenvalue weighted by atomic mass is 10.1. The Labute approximate surface area is 101 Å². The van der Waals surface area contributed by atoms with Crippen molar-refractivity contribution in [1.82, 2.24) is 4.40 Å². The van der Waals surface area contributed by atoms with E-state index in [1.54, 1.807) is 0 Å². The fourth-order valence-electron chi connectivity index (χ4n) is 2.25. The second kappa shape index (κ2) is 3.74. The Balaban J connectivity index is 2.30. The highest BCUT2D eigenvalue weighted by Gasteiger charge is 2.11. The summed E-state index contributed by atoms with van der Waals surface area (Å²) < 4.78 is 4.29. The number of aromatic nitrogens is 2. The van der Waals surface area contributed by atoms with Crippen LogP contribution < -0.4 is 4.57 Å². The summed E-state index contributed by atoms with van der Waals surface area (Å²) in [6.07, 6.45) is 4.17. The van der Waals surface area contributed by atoms with Gasteiger partial charge in [0.15, 0.2) is 0 Å². The van der Waals surface area contributed by atoms with Crippen molar-refractivity contribution >= 4 is 5.52 Å². The number of hydrogen-bond donors (Lipinski definition) is 0. The summed E-state index contributed by atoms with van der Waals surface area (Å²) in [7, 11) is 2.08. The third-order valence-electron chi connectivity index (χ3n) is 3.20. The van der Waals surface area contributed by atoms with Gasteiger partial charge in [0.05, 0.1) is 13.2 Å². The molecule has 0 aliphatic carbocycles. The van der Waals surface area contributed by atoms with Crippen molar-refractivity contribution in [3.8, 4) is 11.3 Å². The topological polar surface area (TPSA) is 8.29 Å². The van der Waals surface area contributed by atoms with E-state index in [4.69, 9.17) is 0 Å². The molecule has 0 amide bonds. The minimum absolute atomic E-state index is 1.22. The van der Waals surface area contributed by atoms with E-state index in [1.807, 2.05) is 0 Å². The fourth-order valence-corrected chi connectivity index (χ4v) is 2.25. The normalized spacial score (nSPS) is 10.9. The van der Waals surface area contributed by atoms with Crippen LogP contribution in [0, 0.1) is 6.92 Å². The van der Waals surface area contributed by atoms with Crippen LogP contribution in [-0.4, -0.2) is 4.40 Å². The first-order valence-electron chi connectivity index (χ1n) is 5.78. The van der Waals surface area contributed by atoms with E-state index in [0.29, 0.717) is 0 Å². The summed E-state index contributed by atoms with van der Waals surface area (Å²) in [5.41, 5.74) is 5.06. The van der Waals surface area contributed by atoms with Gasteiger partial charge in [0.1, 0.15) is 11.2 Å². The highest BCUT2D eigenvalue weighted by atomic mass is 15.0. The second-order valence-corrected chi connectivity index (χ2v) is 4.41. The maximum absolute atomic E-state index is 2.22. The van der Waals surface area contributed by atoms with Crippen molar-refractivity contribution in [3.63, 3.8) is 0 Å². The van der Waals surface area contributed by atoms with Crippen LogP contribution in [0.2, 0.25) is 0 Å². The van der Waals surface area contributed by atoms with E-state index in [2.05, 4.69) is 77.9 Å². The van der Waals surface area contributed by atoms with E-state index >= 15 is 0 Å². The number of hydrogen-bond acceptors (Lipinski definition) is 0. The Morgan fingerprint density at radius 2 is 1.88 bits per heavy atom. The zero-order valence-corrected chi connectivity index (χ0v) is 10.1.